The molecule has 0 aromatic heterocycles. The zero-order valence-corrected chi connectivity index (χ0v) is 11.7. The molecule has 0 heterocycles. The van der Waals surface area contributed by atoms with Gasteiger partial charge in [-0.15, -0.1) is 0 Å². The highest BCUT2D eigenvalue weighted by atomic mass is 32.2. The van der Waals surface area contributed by atoms with Crippen LogP contribution in [0.4, 0.5) is 4.39 Å². The minimum atomic E-state index is -0.200. The third-order valence-electron chi connectivity index (χ3n) is 2.00. The molecule has 0 saturated carbocycles. The van der Waals surface area contributed by atoms with Crippen LogP contribution < -0.4 is 5.32 Å². The molecule has 1 N–H and O–H groups in total. The van der Waals surface area contributed by atoms with Crippen molar-refractivity contribution in [1.29, 1.82) is 5.26 Å². The molecule has 0 fully saturated rings. The number of hydrogen-bond acceptors (Lipinski definition) is 4. The maximum Gasteiger partial charge on any atom is 0.183 e. The first-order valence-corrected chi connectivity index (χ1v) is 7.70. The second-order valence-corrected chi connectivity index (χ2v) is 5.21. The quantitative estimate of drug-likeness (QED) is 0.297. The Hall–Kier alpha value is -1.19. The summed E-state index contributed by atoms with van der Waals surface area (Å²) in [4.78, 5) is 4.23. The molecule has 6 heteroatoms. The molecule has 0 spiro atoms. The summed E-state index contributed by atoms with van der Waals surface area (Å²) in [6.07, 6.45) is 3.71. The number of rotatable bonds is 5. The zero-order chi connectivity index (χ0) is 13.2. The average molecular weight is 283 g/mol. The first kappa shape index (κ1) is 14.9. The summed E-state index contributed by atoms with van der Waals surface area (Å²) >= 11 is 3.10. The zero-order valence-electron chi connectivity index (χ0n) is 10.0. The SMILES string of the molecule is CSC(=NCCSCc1cccc(F)c1)NC#N. The van der Waals surface area contributed by atoms with Gasteiger partial charge in [0.15, 0.2) is 11.4 Å². The maximum atomic E-state index is 12.9. The topological polar surface area (TPSA) is 48.2 Å². The van der Waals surface area contributed by atoms with E-state index in [1.807, 2.05) is 18.5 Å². The molecule has 0 radical (unpaired) electrons. The van der Waals surface area contributed by atoms with Crippen LogP contribution in [-0.2, 0) is 5.75 Å². The summed E-state index contributed by atoms with van der Waals surface area (Å²) in [5, 5.41) is 11.6. The van der Waals surface area contributed by atoms with Crippen molar-refractivity contribution in [2.45, 2.75) is 5.75 Å². The summed E-state index contributed by atoms with van der Waals surface area (Å²) in [5.41, 5.74) is 0.976. The van der Waals surface area contributed by atoms with Crippen LogP contribution in [0.1, 0.15) is 5.56 Å². The van der Waals surface area contributed by atoms with Crippen molar-refractivity contribution >= 4 is 28.7 Å². The molecule has 0 saturated heterocycles. The highest BCUT2D eigenvalue weighted by Gasteiger charge is 1.97. The predicted octanol–water partition coefficient (Wildman–Crippen LogP) is 2.85. The van der Waals surface area contributed by atoms with Crippen molar-refractivity contribution in [1.82, 2.24) is 5.32 Å². The van der Waals surface area contributed by atoms with Crippen LogP contribution in [-0.4, -0.2) is 23.7 Å². The van der Waals surface area contributed by atoms with Crippen molar-refractivity contribution < 1.29 is 4.39 Å². The lowest BCUT2D eigenvalue weighted by Crippen LogP contribution is -2.13. The minimum Gasteiger partial charge on any atom is -0.272 e. The molecule has 0 amide bonds. The van der Waals surface area contributed by atoms with Gasteiger partial charge in [-0.1, -0.05) is 23.9 Å². The van der Waals surface area contributed by atoms with Gasteiger partial charge in [-0.05, 0) is 24.0 Å². The first-order valence-electron chi connectivity index (χ1n) is 5.32. The van der Waals surface area contributed by atoms with Crippen LogP contribution in [0.5, 0.6) is 0 Å². The number of amidine groups is 1. The van der Waals surface area contributed by atoms with Gasteiger partial charge in [0.25, 0.3) is 0 Å². The van der Waals surface area contributed by atoms with E-state index in [2.05, 4.69) is 10.3 Å². The maximum absolute atomic E-state index is 12.9. The lowest BCUT2D eigenvalue weighted by atomic mass is 10.2. The lowest BCUT2D eigenvalue weighted by Gasteiger charge is -2.02. The van der Waals surface area contributed by atoms with Crippen LogP contribution in [0.3, 0.4) is 0 Å². The molecule has 0 atom stereocenters. The van der Waals surface area contributed by atoms with Crippen molar-refractivity contribution in [2.75, 3.05) is 18.6 Å². The Morgan fingerprint density at radius 1 is 1.56 bits per heavy atom. The molecular weight excluding hydrogens is 269 g/mol. The fourth-order valence-corrected chi connectivity index (χ4v) is 2.38. The van der Waals surface area contributed by atoms with Crippen LogP contribution in [0, 0.1) is 17.3 Å². The number of nitriles is 1. The standard InChI is InChI=1S/C12H14FN3S2/c1-17-12(16-9-14)15-5-6-18-8-10-3-2-4-11(13)7-10/h2-4,7H,5-6,8H2,1H3,(H,15,16). The largest absolute Gasteiger partial charge is 0.272 e. The van der Waals surface area contributed by atoms with Gasteiger partial charge in [0.2, 0.25) is 0 Å². The van der Waals surface area contributed by atoms with Crippen LogP contribution >= 0.6 is 23.5 Å². The number of nitrogens with one attached hydrogen (secondary N) is 1. The van der Waals surface area contributed by atoms with Gasteiger partial charge in [0.05, 0.1) is 6.54 Å². The van der Waals surface area contributed by atoms with Gasteiger partial charge in [0.1, 0.15) is 5.82 Å². The summed E-state index contributed by atoms with van der Waals surface area (Å²) < 4.78 is 12.9. The Labute approximate surface area is 115 Å². The number of aliphatic imine (C=N–C) groups is 1. The Kier molecular flexibility index (Phi) is 7.30. The van der Waals surface area contributed by atoms with Gasteiger partial charge in [0, 0.05) is 11.5 Å². The second-order valence-electron chi connectivity index (χ2n) is 3.31. The Balaban J connectivity index is 2.25. The Morgan fingerprint density at radius 2 is 2.39 bits per heavy atom. The van der Waals surface area contributed by atoms with Gasteiger partial charge in [-0.3, -0.25) is 10.3 Å². The van der Waals surface area contributed by atoms with E-state index in [-0.39, 0.29) is 5.82 Å². The van der Waals surface area contributed by atoms with E-state index < -0.39 is 0 Å². The number of hydrogen-bond donors (Lipinski definition) is 1. The molecule has 0 aliphatic carbocycles. The Bertz CT molecular complexity index is 443. The summed E-state index contributed by atoms with van der Waals surface area (Å²) in [5.74, 6) is 1.41. The molecule has 0 bridgehead atoms. The smallest absolute Gasteiger partial charge is 0.183 e. The summed E-state index contributed by atoms with van der Waals surface area (Å²) in [6, 6.07) is 6.60. The minimum absolute atomic E-state index is 0.200. The van der Waals surface area contributed by atoms with E-state index in [1.165, 1.54) is 17.8 Å². The molecule has 0 unspecified atom stereocenters. The fourth-order valence-electron chi connectivity index (χ4n) is 1.23. The van der Waals surface area contributed by atoms with Gasteiger partial charge in [-0.25, -0.2) is 4.39 Å². The van der Waals surface area contributed by atoms with Crippen LogP contribution in [0.2, 0.25) is 0 Å². The Morgan fingerprint density at radius 3 is 3.06 bits per heavy atom. The molecule has 18 heavy (non-hydrogen) atoms. The molecule has 0 aliphatic heterocycles. The monoisotopic (exact) mass is 283 g/mol. The van der Waals surface area contributed by atoms with E-state index >= 15 is 0 Å². The lowest BCUT2D eigenvalue weighted by molar-refractivity contribution is 0.626. The van der Waals surface area contributed by atoms with E-state index in [9.17, 15) is 4.39 Å². The number of benzene rings is 1. The van der Waals surface area contributed by atoms with Crippen molar-refractivity contribution in [3.05, 3.63) is 35.6 Å². The number of thioether (sulfide) groups is 2. The number of halogens is 1. The third-order valence-corrected chi connectivity index (χ3v) is 3.63. The molecule has 96 valence electrons. The van der Waals surface area contributed by atoms with Gasteiger partial charge < -0.3 is 0 Å². The van der Waals surface area contributed by atoms with E-state index in [0.717, 1.165) is 17.1 Å². The average Bonchev–Trinajstić information content (AvgIpc) is 2.37. The highest BCUT2D eigenvalue weighted by Crippen LogP contribution is 2.13. The first-order chi connectivity index (χ1) is 8.76. The molecular formula is C12H14FN3S2. The molecule has 0 aliphatic rings. The molecule has 1 aromatic carbocycles. The summed E-state index contributed by atoms with van der Waals surface area (Å²) in [7, 11) is 0. The van der Waals surface area contributed by atoms with Gasteiger partial charge >= 0.3 is 0 Å². The van der Waals surface area contributed by atoms with Crippen LogP contribution in [0.25, 0.3) is 0 Å². The fraction of sp³-hybridized carbons (Fsp3) is 0.333. The second kappa shape index (κ2) is 8.84. The van der Waals surface area contributed by atoms with E-state index in [0.29, 0.717) is 11.7 Å². The predicted molar refractivity (Wildman–Crippen MR) is 77.1 cm³/mol. The van der Waals surface area contributed by atoms with Gasteiger partial charge in [-0.2, -0.15) is 17.0 Å². The van der Waals surface area contributed by atoms with Crippen molar-refractivity contribution in [2.24, 2.45) is 4.99 Å². The number of nitrogens with zero attached hydrogens (tertiary/aromatic N) is 2. The third kappa shape index (κ3) is 5.94. The molecule has 3 nitrogen and oxygen atoms in total. The summed E-state index contributed by atoms with van der Waals surface area (Å²) in [6.45, 7) is 0.644. The normalized spacial score (nSPS) is 11.1. The highest BCUT2D eigenvalue weighted by molar-refractivity contribution is 8.13. The van der Waals surface area contributed by atoms with Crippen molar-refractivity contribution in [3.63, 3.8) is 0 Å². The van der Waals surface area contributed by atoms with E-state index in [4.69, 9.17) is 5.26 Å². The molecule has 1 rings (SSSR count). The van der Waals surface area contributed by atoms with E-state index in [1.54, 1.807) is 23.9 Å². The van der Waals surface area contributed by atoms with Crippen LogP contribution in [0.15, 0.2) is 29.3 Å². The van der Waals surface area contributed by atoms with Crippen molar-refractivity contribution in [3.8, 4) is 6.19 Å². The molecule has 1 aromatic rings.